The fourth-order valence-corrected chi connectivity index (χ4v) is 9.49. The molecule has 2 saturated heterocycles. The van der Waals surface area contributed by atoms with Gasteiger partial charge in [-0.3, -0.25) is 9.59 Å². The maximum atomic E-state index is 14.8. The van der Waals surface area contributed by atoms with Crippen LogP contribution in [0.15, 0.2) is 42.3 Å². The minimum Gasteiger partial charge on any atom is -0.491 e. The highest BCUT2D eigenvalue weighted by molar-refractivity contribution is 7.14. The van der Waals surface area contributed by atoms with Crippen molar-refractivity contribution in [2.75, 3.05) is 31.7 Å². The second-order valence-corrected chi connectivity index (χ2v) is 19.6. The van der Waals surface area contributed by atoms with E-state index in [0.717, 1.165) is 43.7 Å². The van der Waals surface area contributed by atoms with Gasteiger partial charge in [0.1, 0.15) is 53.6 Å². The summed E-state index contributed by atoms with van der Waals surface area (Å²) >= 11 is 1.46. The van der Waals surface area contributed by atoms with E-state index in [1.54, 1.807) is 6.07 Å². The molecule has 17 heteroatoms. The number of ether oxygens (including phenoxy) is 5. The van der Waals surface area contributed by atoms with Crippen molar-refractivity contribution in [2.24, 2.45) is 17.3 Å². The van der Waals surface area contributed by atoms with Crippen LogP contribution in [0.3, 0.4) is 0 Å². The number of thiazole rings is 1. The zero-order valence-electron chi connectivity index (χ0n) is 37.1. The monoisotopic (exact) mass is 890 g/mol. The van der Waals surface area contributed by atoms with Crippen LogP contribution in [-0.4, -0.2) is 112 Å². The van der Waals surface area contributed by atoms with Crippen molar-refractivity contribution in [2.45, 2.75) is 135 Å². The lowest BCUT2D eigenvalue weighted by Crippen LogP contribution is -2.59. The normalized spacial score (nSPS) is 26.2. The quantitative estimate of drug-likeness (QED) is 0.0805. The van der Waals surface area contributed by atoms with Crippen molar-refractivity contribution < 1.29 is 48.0 Å². The number of fused-ring (bicyclic) bond motifs is 1. The van der Waals surface area contributed by atoms with Gasteiger partial charge in [0.05, 0.1) is 24.4 Å². The Morgan fingerprint density at radius 1 is 1.06 bits per heavy atom. The Bertz CT molecular complexity index is 2150. The van der Waals surface area contributed by atoms with Gasteiger partial charge < -0.3 is 49.6 Å². The summed E-state index contributed by atoms with van der Waals surface area (Å²) in [6.07, 6.45) is 5.24. The average molecular weight is 891 g/mol. The predicted molar refractivity (Wildman–Crippen MR) is 238 cm³/mol. The first-order chi connectivity index (χ1) is 30.0. The van der Waals surface area contributed by atoms with E-state index in [-0.39, 0.29) is 37.8 Å². The van der Waals surface area contributed by atoms with Crippen molar-refractivity contribution in [3.63, 3.8) is 0 Å². The molecule has 4 heterocycles. The molecule has 1 aromatic carbocycles. The standard InChI is InChI=1S/C46H62N6O10S/c1-8-28-23-46(28,42(55)56)51-40(53)36-21-31(24-52(36)41(54)39(45(5,6)7)50-44(57)62-30-13-12-27(4)19-30)61-37-22-34(35-25-63-43(49-35)47-26(2)3)48-33-20-29(14-15-32(33)37)58-17-18-60-38-11-9-10-16-59-38/h8,14-15,20,22,25-28,30-31,36,38-39H,1,9-13,16-19,21,23-24H2,2-7H3,(H,47,49)(H,50,57)(H,51,53)(H,55,56)/t27-,28-,30+,31-,36+,38?,39-,46-/m1/s1. The molecule has 63 heavy (non-hydrogen) atoms. The molecule has 3 aromatic rings. The second-order valence-electron chi connectivity index (χ2n) is 18.7. The van der Waals surface area contributed by atoms with Gasteiger partial charge in [0.15, 0.2) is 11.4 Å². The number of amides is 3. The molecule has 0 spiro atoms. The molecule has 2 saturated carbocycles. The molecule has 16 nitrogen and oxygen atoms in total. The van der Waals surface area contributed by atoms with Gasteiger partial charge in [-0.15, -0.1) is 17.9 Å². The summed E-state index contributed by atoms with van der Waals surface area (Å²) in [6.45, 7) is 16.7. The van der Waals surface area contributed by atoms with Gasteiger partial charge in [0, 0.05) is 47.9 Å². The van der Waals surface area contributed by atoms with Gasteiger partial charge in [0.25, 0.3) is 0 Å². The molecule has 0 radical (unpaired) electrons. The minimum absolute atomic E-state index is 0.0322. The van der Waals surface area contributed by atoms with Gasteiger partial charge in [-0.05, 0) is 82.3 Å². The Morgan fingerprint density at radius 2 is 1.87 bits per heavy atom. The van der Waals surface area contributed by atoms with Crippen molar-refractivity contribution in [1.29, 1.82) is 0 Å². The lowest BCUT2D eigenvalue weighted by Gasteiger charge is -2.35. The number of hydrogen-bond donors (Lipinski definition) is 4. The number of likely N-dealkylation sites (tertiary alicyclic amines) is 1. The Morgan fingerprint density at radius 3 is 2.54 bits per heavy atom. The van der Waals surface area contributed by atoms with Crippen LogP contribution in [0.25, 0.3) is 22.3 Å². The van der Waals surface area contributed by atoms with Crippen LogP contribution in [0.2, 0.25) is 0 Å². The minimum atomic E-state index is -1.53. The molecule has 3 amide bonds. The van der Waals surface area contributed by atoms with E-state index in [0.29, 0.717) is 59.5 Å². The van der Waals surface area contributed by atoms with Crippen molar-refractivity contribution >= 4 is 51.2 Å². The first-order valence-electron chi connectivity index (χ1n) is 22.2. The number of carboxylic acids is 1. The number of carbonyl (C=O) groups is 4. The number of benzene rings is 1. The van der Waals surface area contributed by atoms with Crippen molar-refractivity contribution in [1.82, 2.24) is 25.5 Å². The molecule has 2 aromatic heterocycles. The Labute approximate surface area is 372 Å². The Kier molecular flexibility index (Phi) is 14.2. The highest BCUT2D eigenvalue weighted by Crippen LogP contribution is 2.45. The number of nitrogens with zero attached hydrogens (tertiary/aromatic N) is 3. The third-order valence-corrected chi connectivity index (χ3v) is 13.0. The van der Waals surface area contributed by atoms with Crippen LogP contribution < -0.4 is 25.4 Å². The van der Waals surface area contributed by atoms with Gasteiger partial charge in [0.2, 0.25) is 11.8 Å². The molecule has 0 bridgehead atoms. The maximum Gasteiger partial charge on any atom is 0.408 e. The summed E-state index contributed by atoms with van der Waals surface area (Å²) in [5.74, 6) is -1.34. The number of aromatic nitrogens is 2. The van der Waals surface area contributed by atoms with Crippen LogP contribution in [0, 0.1) is 17.3 Å². The van der Waals surface area contributed by atoms with E-state index in [9.17, 15) is 24.3 Å². The molecule has 4 aliphatic rings. The number of rotatable bonds is 17. The summed E-state index contributed by atoms with van der Waals surface area (Å²) in [5.41, 5.74) is -0.586. The molecular weight excluding hydrogens is 829 g/mol. The average Bonchev–Trinajstić information content (AvgIpc) is 3.54. The molecule has 2 aliphatic carbocycles. The third-order valence-electron chi connectivity index (χ3n) is 12.2. The van der Waals surface area contributed by atoms with Gasteiger partial charge in [-0.1, -0.05) is 33.8 Å². The highest BCUT2D eigenvalue weighted by atomic mass is 32.1. The number of nitrogens with one attached hydrogen (secondary N) is 3. The number of pyridine rings is 1. The van der Waals surface area contributed by atoms with Crippen LogP contribution in [0.1, 0.15) is 92.9 Å². The van der Waals surface area contributed by atoms with Crippen LogP contribution >= 0.6 is 11.3 Å². The van der Waals surface area contributed by atoms with Gasteiger partial charge >= 0.3 is 12.1 Å². The lowest BCUT2D eigenvalue weighted by atomic mass is 9.85. The van der Waals surface area contributed by atoms with Crippen LogP contribution in [0.5, 0.6) is 11.5 Å². The van der Waals surface area contributed by atoms with E-state index < -0.39 is 58.9 Å². The number of hydrogen-bond acceptors (Lipinski definition) is 13. The third kappa shape index (κ3) is 11.0. The molecule has 2 aliphatic heterocycles. The van der Waals surface area contributed by atoms with E-state index in [1.165, 1.54) is 22.3 Å². The van der Waals surface area contributed by atoms with Gasteiger partial charge in [-0.25, -0.2) is 19.6 Å². The molecule has 8 atom stereocenters. The zero-order chi connectivity index (χ0) is 45.1. The summed E-state index contributed by atoms with van der Waals surface area (Å²) < 4.78 is 30.2. The van der Waals surface area contributed by atoms with Crippen LogP contribution in [-0.2, 0) is 28.6 Å². The van der Waals surface area contributed by atoms with Crippen molar-refractivity contribution in [3.8, 4) is 22.9 Å². The summed E-state index contributed by atoms with van der Waals surface area (Å²) in [5, 5.41) is 22.4. The lowest BCUT2D eigenvalue weighted by molar-refractivity contribution is -0.165. The van der Waals surface area contributed by atoms with E-state index in [1.807, 2.05) is 58.2 Å². The molecule has 4 N–H and O–H groups in total. The van der Waals surface area contributed by atoms with E-state index in [4.69, 9.17) is 33.7 Å². The Hall–Kier alpha value is -5.00. The fourth-order valence-electron chi connectivity index (χ4n) is 8.63. The second kappa shape index (κ2) is 19.4. The first-order valence-corrected chi connectivity index (χ1v) is 23.1. The predicted octanol–water partition coefficient (Wildman–Crippen LogP) is 6.92. The number of carboxylic acid groups (broad SMARTS) is 1. The summed E-state index contributed by atoms with van der Waals surface area (Å²) in [7, 11) is 0. The number of alkyl carbamates (subject to hydrolysis) is 1. The molecule has 1 unspecified atom stereocenters. The van der Waals surface area contributed by atoms with Crippen molar-refractivity contribution in [3.05, 3.63) is 42.3 Å². The number of carbonyl (C=O) groups excluding carboxylic acids is 3. The topological polar surface area (TPSA) is 200 Å². The smallest absolute Gasteiger partial charge is 0.408 e. The largest absolute Gasteiger partial charge is 0.491 e. The molecule has 342 valence electrons. The first kappa shape index (κ1) is 46.0. The van der Waals surface area contributed by atoms with E-state index in [2.05, 4.69) is 29.5 Å². The molecular formula is C46H62N6O10S. The summed E-state index contributed by atoms with van der Waals surface area (Å²) in [4.78, 5) is 66.0. The number of anilines is 1. The maximum absolute atomic E-state index is 14.8. The van der Waals surface area contributed by atoms with E-state index >= 15 is 0 Å². The fraction of sp³-hybridized carbons (Fsp3) is 0.609. The highest BCUT2D eigenvalue weighted by Gasteiger charge is 2.61. The van der Waals surface area contributed by atoms with Gasteiger partial charge in [-0.2, -0.15) is 0 Å². The summed E-state index contributed by atoms with van der Waals surface area (Å²) in [6, 6.07) is 5.26. The molecule has 4 fully saturated rings. The van der Waals surface area contributed by atoms with Crippen LogP contribution in [0.4, 0.5) is 9.93 Å². The Balaban J connectivity index is 1.17. The SMILES string of the molecule is C=C[C@@H]1C[C@]1(NC(=O)[C@@H]1C[C@@H](Oc2cc(-c3csc(NC(C)C)n3)nc3cc(OCCOC4CCCCO4)ccc23)CN1C(=O)[C@@H](NC(=O)O[C@H]1CC[C@@H](C)C1)C(C)(C)C)C(=O)O. The number of aliphatic carboxylic acids is 1. The molecule has 7 rings (SSSR count). The zero-order valence-corrected chi connectivity index (χ0v) is 38.0.